The van der Waals surface area contributed by atoms with Crippen LogP contribution in [0, 0.1) is 72.7 Å². The summed E-state index contributed by atoms with van der Waals surface area (Å²) in [5, 5.41) is 26.4. The number of carboxylic acid groups (broad SMARTS) is 1. The third-order valence-corrected chi connectivity index (χ3v) is 15.1. The Balaban J connectivity index is 1.24. The van der Waals surface area contributed by atoms with Crippen molar-refractivity contribution in [2.45, 2.75) is 119 Å². The monoisotopic (exact) mass is 606 g/mol. The lowest BCUT2D eigenvalue weighted by molar-refractivity contribution is -0.384. The Hall–Kier alpha value is -2.44. The number of aliphatic carboxylic acids is 1. The van der Waals surface area contributed by atoms with Crippen LogP contribution < -0.4 is 0 Å². The fraction of sp³-hybridized carbons (Fsp3) is 0.784. The molecule has 6 rings (SSSR count). The van der Waals surface area contributed by atoms with Crippen LogP contribution in [0.4, 0.5) is 5.69 Å². The third kappa shape index (κ3) is 4.33. The summed E-state index contributed by atoms with van der Waals surface area (Å²) in [5.41, 5.74) is 2.06. The molecule has 0 unspecified atom stereocenters. The standard InChI is InChI=1S/C37H54N2O5/c1-23(2)26-14-19-37(32(40)41)21-20-35(6)27(31(26)37)12-13-29-34(5)17-16-30(33(3,4)28(34)15-18-36(29,35)7)38-44-22-24-8-10-25(11-9-24)39(42)43/h8-11,23,26-29,31H,12-22H2,1-7H3,(H,40,41)/b38-30+/t26-,27-,28+,29-,31-,34+,35-,36-,37+/m1/s1. The van der Waals surface area contributed by atoms with E-state index in [1.54, 1.807) is 12.1 Å². The molecule has 0 saturated heterocycles. The molecule has 7 nitrogen and oxygen atoms in total. The van der Waals surface area contributed by atoms with Gasteiger partial charge < -0.3 is 9.94 Å². The summed E-state index contributed by atoms with van der Waals surface area (Å²) in [6, 6.07) is 6.50. The van der Waals surface area contributed by atoms with Crippen LogP contribution in [-0.2, 0) is 16.2 Å². The average molecular weight is 607 g/mol. The number of nitro benzene ring substituents is 1. The van der Waals surface area contributed by atoms with Gasteiger partial charge >= 0.3 is 5.97 Å². The number of hydrogen-bond acceptors (Lipinski definition) is 5. The van der Waals surface area contributed by atoms with Gasteiger partial charge in [0.2, 0.25) is 0 Å². The predicted octanol–water partition coefficient (Wildman–Crippen LogP) is 9.29. The first kappa shape index (κ1) is 31.5. The van der Waals surface area contributed by atoms with E-state index in [2.05, 4.69) is 48.5 Å². The largest absolute Gasteiger partial charge is 0.481 e. The lowest BCUT2D eigenvalue weighted by atomic mass is 9.32. The van der Waals surface area contributed by atoms with Crippen LogP contribution >= 0.6 is 0 Å². The van der Waals surface area contributed by atoms with Crippen LogP contribution in [0.2, 0.25) is 0 Å². The molecule has 5 saturated carbocycles. The number of hydrogen-bond donors (Lipinski definition) is 1. The van der Waals surface area contributed by atoms with E-state index >= 15 is 0 Å². The van der Waals surface area contributed by atoms with E-state index in [-0.39, 0.29) is 32.3 Å². The predicted molar refractivity (Wildman–Crippen MR) is 172 cm³/mol. The zero-order valence-electron chi connectivity index (χ0n) is 28.0. The molecule has 0 amide bonds. The summed E-state index contributed by atoms with van der Waals surface area (Å²) >= 11 is 0. The maximum Gasteiger partial charge on any atom is 0.309 e. The molecule has 0 radical (unpaired) electrons. The molecule has 5 fully saturated rings. The van der Waals surface area contributed by atoms with Crippen LogP contribution in [0.15, 0.2) is 29.4 Å². The molecule has 9 atom stereocenters. The first-order valence-corrected chi connectivity index (χ1v) is 17.3. The van der Waals surface area contributed by atoms with Crippen molar-refractivity contribution in [1.29, 1.82) is 0 Å². The smallest absolute Gasteiger partial charge is 0.309 e. The van der Waals surface area contributed by atoms with Crippen molar-refractivity contribution in [3.8, 4) is 0 Å². The van der Waals surface area contributed by atoms with Crippen molar-refractivity contribution in [1.82, 2.24) is 0 Å². The SMILES string of the molecule is CC(C)[C@H]1CC[C@]2(C(=O)O)CC[C@]3(C)[C@H](CC[C@@H]4[C@@]5(C)CC/C(=N\OCc6ccc([N+](=O)[O-])cc6)C(C)(C)[C@@H]5CC[C@]43C)[C@@H]12. The van der Waals surface area contributed by atoms with Gasteiger partial charge in [-0.15, -0.1) is 0 Å². The minimum Gasteiger partial charge on any atom is -0.481 e. The number of carboxylic acids is 1. The maximum absolute atomic E-state index is 13.0. The summed E-state index contributed by atoms with van der Waals surface area (Å²) in [5.74, 6) is 2.45. The number of benzene rings is 1. The molecule has 0 spiro atoms. The van der Waals surface area contributed by atoms with Gasteiger partial charge in [-0.25, -0.2) is 0 Å². The Morgan fingerprint density at radius 1 is 0.955 bits per heavy atom. The molecule has 0 heterocycles. The molecule has 0 aliphatic heterocycles. The fourth-order valence-corrected chi connectivity index (χ4v) is 12.6. The van der Waals surface area contributed by atoms with Crippen molar-refractivity contribution in [2.24, 2.45) is 67.7 Å². The summed E-state index contributed by atoms with van der Waals surface area (Å²) in [7, 11) is 0. The van der Waals surface area contributed by atoms with E-state index in [1.165, 1.54) is 37.8 Å². The van der Waals surface area contributed by atoms with Gasteiger partial charge in [-0.05, 0) is 134 Å². The molecule has 1 N–H and O–H groups in total. The molecule has 5 aliphatic rings. The quantitative estimate of drug-likeness (QED) is 0.257. The highest BCUT2D eigenvalue weighted by Gasteiger charge is 2.72. The zero-order chi connectivity index (χ0) is 31.9. The third-order valence-electron chi connectivity index (χ3n) is 15.1. The molecule has 1 aromatic carbocycles. The van der Waals surface area contributed by atoms with Gasteiger partial charge in [-0.3, -0.25) is 14.9 Å². The molecule has 0 aromatic heterocycles. The van der Waals surface area contributed by atoms with Crippen LogP contribution in [0.3, 0.4) is 0 Å². The minimum atomic E-state index is -0.521. The van der Waals surface area contributed by atoms with E-state index in [0.29, 0.717) is 42.1 Å². The topological polar surface area (TPSA) is 102 Å². The average Bonchev–Trinajstić information content (AvgIpc) is 3.36. The second-order valence-electron chi connectivity index (χ2n) is 17.1. The Morgan fingerprint density at radius 3 is 2.30 bits per heavy atom. The van der Waals surface area contributed by atoms with E-state index in [1.807, 2.05) is 0 Å². The van der Waals surface area contributed by atoms with Crippen LogP contribution in [0.1, 0.15) is 118 Å². The lowest BCUT2D eigenvalue weighted by Crippen LogP contribution is -2.66. The van der Waals surface area contributed by atoms with Gasteiger partial charge in [0.25, 0.3) is 5.69 Å². The first-order valence-electron chi connectivity index (χ1n) is 17.3. The highest BCUT2D eigenvalue weighted by Crippen LogP contribution is 2.77. The number of fused-ring (bicyclic) bond motifs is 7. The van der Waals surface area contributed by atoms with E-state index < -0.39 is 11.4 Å². The van der Waals surface area contributed by atoms with E-state index in [0.717, 1.165) is 49.8 Å². The van der Waals surface area contributed by atoms with Crippen molar-refractivity contribution in [3.63, 3.8) is 0 Å². The van der Waals surface area contributed by atoms with Gasteiger partial charge in [0.15, 0.2) is 0 Å². The normalized spacial score (nSPS) is 43.5. The highest BCUT2D eigenvalue weighted by atomic mass is 16.6. The van der Waals surface area contributed by atoms with Crippen molar-refractivity contribution in [2.75, 3.05) is 0 Å². The number of non-ortho nitro benzene ring substituents is 1. The van der Waals surface area contributed by atoms with Gasteiger partial charge in [0, 0.05) is 17.5 Å². The van der Waals surface area contributed by atoms with Gasteiger partial charge in [0.05, 0.1) is 16.0 Å². The molecule has 0 bridgehead atoms. The lowest BCUT2D eigenvalue weighted by Gasteiger charge is -2.72. The van der Waals surface area contributed by atoms with Crippen LogP contribution in [-0.4, -0.2) is 21.7 Å². The Bertz CT molecular complexity index is 1340. The van der Waals surface area contributed by atoms with Gasteiger partial charge in [-0.1, -0.05) is 53.6 Å². The molecule has 1 aromatic rings. The van der Waals surface area contributed by atoms with Crippen molar-refractivity contribution < 1.29 is 19.7 Å². The highest BCUT2D eigenvalue weighted by molar-refractivity contribution is 5.90. The van der Waals surface area contributed by atoms with E-state index in [4.69, 9.17) is 9.99 Å². The number of nitrogens with zero attached hydrogens (tertiary/aromatic N) is 2. The Kier molecular flexibility index (Phi) is 7.56. The Labute approximate surface area is 263 Å². The molecular weight excluding hydrogens is 552 g/mol. The van der Waals surface area contributed by atoms with Crippen molar-refractivity contribution >= 4 is 17.4 Å². The maximum atomic E-state index is 13.0. The number of nitro groups is 1. The summed E-state index contributed by atoms with van der Waals surface area (Å²) in [4.78, 5) is 29.4. The molecule has 242 valence electrons. The van der Waals surface area contributed by atoms with Crippen LogP contribution in [0.25, 0.3) is 0 Å². The molecule has 44 heavy (non-hydrogen) atoms. The zero-order valence-corrected chi connectivity index (χ0v) is 28.0. The summed E-state index contributed by atoms with van der Waals surface area (Å²) in [6.45, 7) is 17.5. The first-order chi connectivity index (χ1) is 20.6. The molecular formula is C37H54N2O5. The second kappa shape index (κ2) is 10.6. The Morgan fingerprint density at radius 2 is 1.66 bits per heavy atom. The summed E-state index contributed by atoms with van der Waals surface area (Å²) < 4.78 is 0. The van der Waals surface area contributed by atoms with E-state index in [9.17, 15) is 20.0 Å². The summed E-state index contributed by atoms with van der Waals surface area (Å²) in [6.07, 6.45) is 10.6. The van der Waals surface area contributed by atoms with Crippen LogP contribution in [0.5, 0.6) is 0 Å². The number of oxime groups is 1. The molecule has 5 aliphatic carbocycles. The van der Waals surface area contributed by atoms with Crippen molar-refractivity contribution in [3.05, 3.63) is 39.9 Å². The van der Waals surface area contributed by atoms with Gasteiger partial charge in [0.1, 0.15) is 6.61 Å². The molecule has 7 heteroatoms. The minimum absolute atomic E-state index is 0.0809. The second-order valence-corrected chi connectivity index (χ2v) is 17.1. The van der Waals surface area contributed by atoms with Gasteiger partial charge in [-0.2, -0.15) is 0 Å². The number of carbonyl (C=O) groups is 1. The fourth-order valence-electron chi connectivity index (χ4n) is 12.6. The number of rotatable bonds is 6.